The molecule has 2 heterocycles. The third-order valence-corrected chi connectivity index (χ3v) is 7.67. The van der Waals surface area contributed by atoms with Gasteiger partial charge in [0.05, 0.1) is 6.04 Å². The lowest BCUT2D eigenvalue weighted by atomic mass is 10.00. The van der Waals surface area contributed by atoms with Crippen LogP contribution in [0.25, 0.3) is 0 Å². The monoisotopic (exact) mass is 679 g/mol. The number of carboxylic acid groups (broad SMARTS) is 1. The van der Waals surface area contributed by atoms with Gasteiger partial charge >= 0.3 is 12.1 Å². The number of carbonyl (C=O) groups excluding carboxylic acids is 3. The number of benzene rings is 2. The molecular formula is C32H34ClF4N5O5. The molecule has 1 aliphatic rings. The molecule has 3 N–H and O–H groups in total. The number of pyridine rings is 1. The standard InChI is InChI=1S/C30H33ClFN5O3.C2HF3O2/c1-20-19-36(27(29(39)33-2)18-22-3-7-24(31)8-4-22)15-16-37(20)30(40)26(17-21-5-9-25(32)10-6-21)35-28(38)23-11-13-34-14-12-23;3-2(4,5)1(6)7/h3-14,20,26-27H,15-19H2,1-2H3,(H,33,39)(H,35,38);(H,6,7). The van der Waals surface area contributed by atoms with Gasteiger partial charge in [-0.25, -0.2) is 9.18 Å². The Bertz CT molecular complexity index is 1510. The Labute approximate surface area is 273 Å². The zero-order valence-electron chi connectivity index (χ0n) is 25.5. The highest BCUT2D eigenvalue weighted by molar-refractivity contribution is 6.30. The molecule has 1 aliphatic heterocycles. The van der Waals surface area contributed by atoms with Crippen LogP contribution in [0.15, 0.2) is 73.1 Å². The van der Waals surface area contributed by atoms with Crippen molar-refractivity contribution in [2.24, 2.45) is 0 Å². The summed E-state index contributed by atoms with van der Waals surface area (Å²) in [4.78, 5) is 56.4. The Balaban J connectivity index is 0.000000771. The topological polar surface area (TPSA) is 132 Å². The fourth-order valence-corrected chi connectivity index (χ4v) is 5.12. The van der Waals surface area contributed by atoms with Crippen LogP contribution in [-0.4, -0.2) is 94.6 Å². The van der Waals surface area contributed by atoms with Crippen molar-refractivity contribution in [1.82, 2.24) is 25.4 Å². The maximum Gasteiger partial charge on any atom is 0.490 e. The Kier molecular flexibility index (Phi) is 13.2. The molecule has 252 valence electrons. The quantitative estimate of drug-likeness (QED) is 0.294. The van der Waals surface area contributed by atoms with Crippen molar-refractivity contribution < 1.29 is 41.8 Å². The molecular weight excluding hydrogens is 646 g/mol. The van der Waals surface area contributed by atoms with E-state index in [4.69, 9.17) is 21.5 Å². The number of hydrogen-bond acceptors (Lipinski definition) is 6. The van der Waals surface area contributed by atoms with E-state index in [0.717, 1.165) is 11.1 Å². The van der Waals surface area contributed by atoms with Crippen molar-refractivity contribution in [1.29, 1.82) is 0 Å². The van der Waals surface area contributed by atoms with Gasteiger partial charge in [0.15, 0.2) is 0 Å². The summed E-state index contributed by atoms with van der Waals surface area (Å²) in [5.74, 6) is -3.85. The predicted octanol–water partition coefficient (Wildman–Crippen LogP) is 3.74. The number of rotatable bonds is 9. The Morgan fingerprint density at radius 2 is 1.51 bits per heavy atom. The molecule has 1 saturated heterocycles. The highest BCUT2D eigenvalue weighted by Gasteiger charge is 2.38. The second kappa shape index (κ2) is 16.8. The first kappa shape index (κ1) is 36.9. The van der Waals surface area contributed by atoms with Crippen LogP contribution in [0.3, 0.4) is 0 Å². The summed E-state index contributed by atoms with van der Waals surface area (Å²) in [6.45, 7) is 3.30. The minimum absolute atomic E-state index is 0.0965. The molecule has 3 atom stereocenters. The maximum absolute atomic E-state index is 13.9. The van der Waals surface area contributed by atoms with Gasteiger partial charge in [0.1, 0.15) is 11.9 Å². The number of carbonyl (C=O) groups is 4. The summed E-state index contributed by atoms with van der Waals surface area (Å²) in [6, 6.07) is 15.0. The molecule has 0 aliphatic carbocycles. The van der Waals surface area contributed by atoms with E-state index in [1.165, 1.54) is 24.5 Å². The number of nitrogens with zero attached hydrogens (tertiary/aromatic N) is 3. The lowest BCUT2D eigenvalue weighted by Gasteiger charge is -2.43. The van der Waals surface area contributed by atoms with E-state index < -0.39 is 30.1 Å². The van der Waals surface area contributed by atoms with E-state index in [1.54, 1.807) is 48.3 Å². The molecule has 15 heteroatoms. The van der Waals surface area contributed by atoms with E-state index in [-0.39, 0.29) is 30.1 Å². The molecule has 3 unspecified atom stereocenters. The Morgan fingerprint density at radius 1 is 0.957 bits per heavy atom. The largest absolute Gasteiger partial charge is 0.490 e. The highest BCUT2D eigenvalue weighted by atomic mass is 35.5. The fourth-order valence-electron chi connectivity index (χ4n) is 5.00. The van der Waals surface area contributed by atoms with Gasteiger partial charge in [0, 0.05) is 62.1 Å². The molecule has 0 spiro atoms. The van der Waals surface area contributed by atoms with Crippen molar-refractivity contribution in [3.05, 3.63) is 101 Å². The van der Waals surface area contributed by atoms with Crippen LogP contribution in [0.1, 0.15) is 28.4 Å². The minimum Gasteiger partial charge on any atom is -0.475 e. The third-order valence-electron chi connectivity index (χ3n) is 7.42. The second-order valence-corrected chi connectivity index (χ2v) is 11.2. The first-order valence-corrected chi connectivity index (χ1v) is 14.8. The molecule has 3 amide bonds. The second-order valence-electron chi connectivity index (χ2n) is 10.7. The van der Waals surface area contributed by atoms with Crippen LogP contribution in [0, 0.1) is 5.82 Å². The summed E-state index contributed by atoms with van der Waals surface area (Å²) in [5.41, 5.74) is 2.10. The van der Waals surface area contributed by atoms with Crippen molar-refractivity contribution in [2.45, 2.75) is 44.1 Å². The van der Waals surface area contributed by atoms with Crippen molar-refractivity contribution >= 4 is 35.3 Å². The molecule has 10 nitrogen and oxygen atoms in total. The van der Waals surface area contributed by atoms with Gasteiger partial charge in [-0.3, -0.25) is 24.3 Å². The molecule has 47 heavy (non-hydrogen) atoms. The van der Waals surface area contributed by atoms with Crippen LogP contribution in [0.4, 0.5) is 17.6 Å². The first-order valence-electron chi connectivity index (χ1n) is 14.5. The smallest absolute Gasteiger partial charge is 0.475 e. The van der Waals surface area contributed by atoms with Crippen LogP contribution in [0.2, 0.25) is 5.02 Å². The number of aliphatic carboxylic acids is 1. The molecule has 1 aromatic heterocycles. The highest BCUT2D eigenvalue weighted by Crippen LogP contribution is 2.20. The van der Waals surface area contributed by atoms with Gasteiger partial charge in [-0.1, -0.05) is 35.9 Å². The predicted molar refractivity (Wildman–Crippen MR) is 165 cm³/mol. The van der Waals surface area contributed by atoms with Gasteiger partial charge in [-0.15, -0.1) is 0 Å². The number of halogens is 5. The van der Waals surface area contributed by atoms with E-state index >= 15 is 0 Å². The number of amides is 3. The first-order chi connectivity index (χ1) is 22.2. The van der Waals surface area contributed by atoms with Gasteiger partial charge in [-0.05, 0) is 60.9 Å². The van der Waals surface area contributed by atoms with Crippen molar-refractivity contribution in [2.75, 3.05) is 26.7 Å². The minimum atomic E-state index is -5.08. The molecule has 0 radical (unpaired) electrons. The summed E-state index contributed by atoms with van der Waals surface area (Å²) in [5, 5.41) is 13.4. The Morgan fingerprint density at radius 3 is 2.04 bits per heavy atom. The van der Waals surface area contributed by atoms with Crippen LogP contribution < -0.4 is 10.6 Å². The normalized spacial score (nSPS) is 16.2. The van der Waals surface area contributed by atoms with E-state index in [2.05, 4.69) is 20.5 Å². The molecule has 0 saturated carbocycles. The van der Waals surface area contributed by atoms with Crippen molar-refractivity contribution in [3.63, 3.8) is 0 Å². The number of alkyl halides is 3. The molecule has 0 bridgehead atoms. The Hall–Kier alpha value is -4.56. The van der Waals surface area contributed by atoms with Gasteiger partial charge < -0.3 is 20.6 Å². The molecule has 1 fully saturated rings. The van der Waals surface area contributed by atoms with E-state index in [1.807, 2.05) is 19.1 Å². The molecule has 3 aromatic rings. The van der Waals surface area contributed by atoms with Crippen LogP contribution in [0.5, 0.6) is 0 Å². The summed E-state index contributed by atoms with van der Waals surface area (Å²) in [7, 11) is 1.62. The zero-order valence-corrected chi connectivity index (χ0v) is 26.3. The zero-order chi connectivity index (χ0) is 34.7. The average molecular weight is 680 g/mol. The number of nitrogens with one attached hydrogen (secondary N) is 2. The fraction of sp³-hybridized carbons (Fsp3) is 0.344. The number of hydrogen-bond donors (Lipinski definition) is 3. The van der Waals surface area contributed by atoms with Gasteiger partial charge in [0.2, 0.25) is 11.8 Å². The number of likely N-dealkylation sites (N-methyl/N-ethyl adjacent to an activating group) is 1. The van der Waals surface area contributed by atoms with Crippen molar-refractivity contribution in [3.8, 4) is 0 Å². The van der Waals surface area contributed by atoms with Crippen LogP contribution in [-0.2, 0) is 27.2 Å². The van der Waals surface area contributed by atoms with Gasteiger partial charge in [-0.2, -0.15) is 13.2 Å². The number of carboxylic acids is 1. The van der Waals surface area contributed by atoms with E-state index in [0.29, 0.717) is 36.6 Å². The lowest BCUT2D eigenvalue weighted by Crippen LogP contribution is -2.62. The SMILES string of the molecule is CNC(=O)C(Cc1ccc(Cl)cc1)N1CCN(C(=O)C(Cc2ccc(F)cc2)NC(=O)c2ccncc2)C(C)C1.O=C(O)C(F)(F)F. The average Bonchev–Trinajstić information content (AvgIpc) is 3.04. The lowest BCUT2D eigenvalue weighted by molar-refractivity contribution is -0.192. The van der Waals surface area contributed by atoms with Crippen LogP contribution >= 0.6 is 11.6 Å². The number of aromatic nitrogens is 1. The number of piperazine rings is 1. The third kappa shape index (κ3) is 11.0. The van der Waals surface area contributed by atoms with E-state index in [9.17, 15) is 31.9 Å². The summed E-state index contributed by atoms with van der Waals surface area (Å²) >= 11 is 6.03. The summed E-state index contributed by atoms with van der Waals surface area (Å²) < 4.78 is 45.2. The molecule has 4 rings (SSSR count). The maximum atomic E-state index is 13.9. The van der Waals surface area contributed by atoms with Gasteiger partial charge in [0.25, 0.3) is 5.91 Å². The summed E-state index contributed by atoms with van der Waals surface area (Å²) in [6.07, 6.45) is -1.34. The molecule has 2 aromatic carbocycles.